The van der Waals surface area contributed by atoms with Gasteiger partial charge < -0.3 is 54.0 Å². The molecule has 5 amide bonds. The SMILES string of the molecule is NC(=O)CNC(=O)[C@H](CCCN=C(N)N)NC(=O)[C@@H]1CCCN1C(=O)[C@H](CO)NC(=O)[C@@H](N)CC(=O)O. The third kappa shape index (κ3) is 10.7. The van der Waals surface area contributed by atoms with Gasteiger partial charge in [-0.2, -0.15) is 0 Å². The number of nitrogens with two attached hydrogens (primary N) is 4. The van der Waals surface area contributed by atoms with Crippen molar-refractivity contribution in [2.75, 3.05) is 26.2 Å². The molecule has 1 saturated heterocycles. The summed E-state index contributed by atoms with van der Waals surface area (Å²) in [6.45, 7) is -0.964. The van der Waals surface area contributed by atoms with Crippen LogP contribution in [0.15, 0.2) is 4.99 Å². The van der Waals surface area contributed by atoms with Crippen molar-refractivity contribution < 1.29 is 39.0 Å². The van der Waals surface area contributed by atoms with E-state index in [4.69, 9.17) is 28.0 Å². The summed E-state index contributed by atoms with van der Waals surface area (Å²) >= 11 is 0. The third-order valence-corrected chi connectivity index (χ3v) is 5.38. The molecule has 208 valence electrons. The Morgan fingerprint density at radius 3 is 2.27 bits per heavy atom. The quantitative estimate of drug-likeness (QED) is 0.0547. The maximum Gasteiger partial charge on any atom is 0.305 e. The lowest BCUT2D eigenvalue weighted by Gasteiger charge is -2.29. The summed E-state index contributed by atoms with van der Waals surface area (Å²) < 4.78 is 0. The van der Waals surface area contributed by atoms with Gasteiger partial charge in [0.15, 0.2) is 5.96 Å². The highest BCUT2D eigenvalue weighted by Crippen LogP contribution is 2.19. The second kappa shape index (κ2) is 15.2. The summed E-state index contributed by atoms with van der Waals surface area (Å²) in [6.07, 6.45) is 0.387. The van der Waals surface area contributed by atoms with Crippen LogP contribution >= 0.6 is 0 Å². The van der Waals surface area contributed by atoms with Crippen LogP contribution in [0, 0.1) is 0 Å². The lowest BCUT2D eigenvalue weighted by atomic mass is 10.1. The molecule has 1 fully saturated rings. The highest BCUT2D eigenvalue weighted by atomic mass is 16.4. The molecule has 0 radical (unpaired) electrons. The molecule has 1 rings (SSSR count). The predicted molar refractivity (Wildman–Crippen MR) is 128 cm³/mol. The molecule has 13 N–H and O–H groups in total. The highest BCUT2D eigenvalue weighted by Gasteiger charge is 2.39. The molecule has 1 aliphatic heterocycles. The Morgan fingerprint density at radius 2 is 1.70 bits per heavy atom. The van der Waals surface area contributed by atoms with E-state index in [1.165, 1.54) is 0 Å². The van der Waals surface area contributed by atoms with E-state index in [1.807, 2.05) is 0 Å². The summed E-state index contributed by atoms with van der Waals surface area (Å²) in [5.41, 5.74) is 21.1. The van der Waals surface area contributed by atoms with Gasteiger partial charge in [-0.1, -0.05) is 0 Å². The fourth-order valence-corrected chi connectivity index (χ4v) is 3.59. The largest absolute Gasteiger partial charge is 0.481 e. The number of amides is 5. The van der Waals surface area contributed by atoms with Gasteiger partial charge >= 0.3 is 5.97 Å². The predicted octanol–water partition coefficient (Wildman–Crippen LogP) is -5.60. The molecular formula is C20H35N9O8. The molecule has 1 aliphatic rings. The molecule has 4 atom stereocenters. The van der Waals surface area contributed by atoms with E-state index >= 15 is 0 Å². The van der Waals surface area contributed by atoms with Crippen LogP contribution in [-0.4, -0.2) is 107 Å². The van der Waals surface area contributed by atoms with E-state index in [1.54, 1.807) is 0 Å². The van der Waals surface area contributed by atoms with Crippen LogP contribution in [0.1, 0.15) is 32.1 Å². The normalized spacial score (nSPS) is 17.1. The van der Waals surface area contributed by atoms with Crippen LogP contribution in [0.5, 0.6) is 0 Å². The van der Waals surface area contributed by atoms with Crippen molar-refractivity contribution in [3.8, 4) is 0 Å². The molecule has 37 heavy (non-hydrogen) atoms. The van der Waals surface area contributed by atoms with Gasteiger partial charge in [-0.05, 0) is 25.7 Å². The molecule has 0 aromatic rings. The third-order valence-electron chi connectivity index (χ3n) is 5.38. The first-order chi connectivity index (χ1) is 17.4. The van der Waals surface area contributed by atoms with Gasteiger partial charge in [0, 0.05) is 13.1 Å². The Labute approximate surface area is 212 Å². The van der Waals surface area contributed by atoms with E-state index in [-0.39, 0.29) is 31.9 Å². The first-order valence-corrected chi connectivity index (χ1v) is 11.5. The second-order valence-electron chi connectivity index (χ2n) is 8.33. The number of nitrogens with zero attached hydrogens (tertiary/aromatic N) is 2. The summed E-state index contributed by atoms with van der Waals surface area (Å²) in [4.78, 5) is 77.4. The molecule has 0 spiro atoms. The van der Waals surface area contributed by atoms with Crippen molar-refractivity contribution in [1.29, 1.82) is 0 Å². The van der Waals surface area contributed by atoms with Crippen LogP contribution in [0.4, 0.5) is 0 Å². The Bertz CT molecular complexity index is 893. The number of likely N-dealkylation sites (tertiary alicyclic amines) is 1. The lowest BCUT2D eigenvalue weighted by Crippen LogP contribution is -2.58. The second-order valence-corrected chi connectivity index (χ2v) is 8.33. The molecular weight excluding hydrogens is 494 g/mol. The number of carboxylic acid groups (broad SMARTS) is 1. The number of hydrogen-bond acceptors (Lipinski definition) is 9. The zero-order chi connectivity index (χ0) is 28.1. The van der Waals surface area contributed by atoms with E-state index in [0.717, 1.165) is 4.90 Å². The molecule has 0 aliphatic carbocycles. The number of aliphatic carboxylic acids is 1. The van der Waals surface area contributed by atoms with Crippen LogP contribution in [0.3, 0.4) is 0 Å². The van der Waals surface area contributed by atoms with Crippen LogP contribution in [0.2, 0.25) is 0 Å². The van der Waals surface area contributed by atoms with Crippen molar-refractivity contribution >= 4 is 41.5 Å². The number of rotatable bonds is 15. The van der Waals surface area contributed by atoms with Crippen molar-refractivity contribution in [2.45, 2.75) is 56.3 Å². The van der Waals surface area contributed by atoms with Crippen molar-refractivity contribution in [3.63, 3.8) is 0 Å². The van der Waals surface area contributed by atoms with Gasteiger partial charge in [-0.3, -0.25) is 33.8 Å². The van der Waals surface area contributed by atoms with Crippen molar-refractivity contribution in [3.05, 3.63) is 0 Å². The summed E-state index contributed by atoms with van der Waals surface area (Å²) in [5, 5.41) is 25.5. The van der Waals surface area contributed by atoms with Crippen LogP contribution in [0.25, 0.3) is 0 Å². The first kappa shape index (κ1) is 31.0. The maximum atomic E-state index is 13.0. The Morgan fingerprint density at radius 1 is 1.03 bits per heavy atom. The Balaban J connectivity index is 2.91. The van der Waals surface area contributed by atoms with Crippen molar-refractivity contribution in [1.82, 2.24) is 20.9 Å². The highest BCUT2D eigenvalue weighted by molar-refractivity contribution is 5.96. The Kier molecular flexibility index (Phi) is 12.7. The lowest BCUT2D eigenvalue weighted by molar-refractivity contribution is -0.143. The first-order valence-electron chi connectivity index (χ1n) is 11.5. The fraction of sp³-hybridized carbons (Fsp3) is 0.650. The topological polar surface area (TPSA) is 299 Å². The maximum absolute atomic E-state index is 13.0. The minimum absolute atomic E-state index is 0.102. The van der Waals surface area contributed by atoms with Gasteiger partial charge in [-0.15, -0.1) is 0 Å². The fourth-order valence-electron chi connectivity index (χ4n) is 3.59. The molecule has 0 saturated carbocycles. The summed E-state index contributed by atoms with van der Waals surface area (Å²) in [7, 11) is 0. The number of nitrogens with one attached hydrogen (secondary N) is 3. The zero-order valence-corrected chi connectivity index (χ0v) is 20.2. The number of guanidine groups is 1. The standard InChI is InChI=1S/C20H35N9O8/c21-10(7-15(32)33)16(34)28-12(9-30)19(37)29-6-2-4-13(29)18(36)27-11(3-1-5-25-20(23)24)17(35)26-8-14(22)31/h10-13,30H,1-9,21H2,(H2,22,31)(H,26,35)(H,27,36)(H,28,34)(H,32,33)(H4,23,24,25)/t10-,11-,12-,13-/m0/s1. The minimum atomic E-state index is -1.46. The van der Waals surface area contributed by atoms with Gasteiger partial charge in [0.1, 0.15) is 18.1 Å². The number of hydrogen-bond donors (Lipinski definition) is 9. The van der Waals surface area contributed by atoms with E-state index in [2.05, 4.69) is 20.9 Å². The molecule has 1 heterocycles. The minimum Gasteiger partial charge on any atom is -0.481 e. The van der Waals surface area contributed by atoms with Gasteiger partial charge in [-0.25, -0.2) is 0 Å². The van der Waals surface area contributed by atoms with Crippen molar-refractivity contribution in [2.24, 2.45) is 27.9 Å². The molecule has 0 aromatic carbocycles. The monoisotopic (exact) mass is 529 g/mol. The van der Waals surface area contributed by atoms with Crippen LogP contribution < -0.4 is 38.9 Å². The molecule has 0 unspecified atom stereocenters. The zero-order valence-electron chi connectivity index (χ0n) is 20.2. The molecule has 0 bridgehead atoms. The number of carboxylic acids is 1. The molecule has 0 aromatic heterocycles. The van der Waals surface area contributed by atoms with Gasteiger partial charge in [0.2, 0.25) is 29.5 Å². The molecule has 17 nitrogen and oxygen atoms in total. The number of carbonyl (C=O) groups excluding carboxylic acids is 5. The molecule has 17 heteroatoms. The van der Waals surface area contributed by atoms with Crippen LogP contribution in [-0.2, 0) is 28.8 Å². The average Bonchev–Trinajstić information content (AvgIpc) is 3.31. The van der Waals surface area contributed by atoms with Gasteiger partial charge in [0.05, 0.1) is 25.6 Å². The average molecular weight is 530 g/mol. The number of primary amides is 1. The van der Waals surface area contributed by atoms with E-state index in [0.29, 0.717) is 12.8 Å². The van der Waals surface area contributed by atoms with Gasteiger partial charge in [0.25, 0.3) is 0 Å². The summed E-state index contributed by atoms with van der Waals surface area (Å²) in [6, 6.07) is -5.03. The number of carbonyl (C=O) groups is 6. The number of aliphatic imine (C=N–C) groups is 1. The van der Waals surface area contributed by atoms with E-state index in [9.17, 15) is 33.9 Å². The van der Waals surface area contributed by atoms with E-state index < -0.39 is 79.2 Å². The number of aliphatic hydroxyl groups excluding tert-OH is 1. The smallest absolute Gasteiger partial charge is 0.305 e. The summed E-state index contributed by atoms with van der Waals surface area (Å²) in [5.74, 6) is -5.34. The Hall–Kier alpha value is -3.99. The number of aliphatic hydroxyl groups is 1.